The van der Waals surface area contributed by atoms with E-state index >= 15 is 0 Å². The molecule has 0 aliphatic rings. The summed E-state index contributed by atoms with van der Waals surface area (Å²) in [6.45, 7) is 0. The maximum atomic E-state index is 11.5. The summed E-state index contributed by atoms with van der Waals surface area (Å²) in [5.74, 6) is -0.336. The molecular formula is C15H12N2O2. The van der Waals surface area contributed by atoms with E-state index in [4.69, 9.17) is 4.74 Å². The maximum absolute atomic E-state index is 11.5. The standard InChI is InChI=1S/C15H12N2O2/c1-19-15(18)11-7-9-17(10-11)14-6-2-5-13-12(14)4-3-8-16-13/h2-10H,1H3. The van der Waals surface area contributed by atoms with Gasteiger partial charge in [-0.15, -0.1) is 0 Å². The molecule has 0 atom stereocenters. The van der Waals surface area contributed by atoms with Gasteiger partial charge in [-0.25, -0.2) is 4.79 Å². The summed E-state index contributed by atoms with van der Waals surface area (Å²) in [5.41, 5.74) is 2.44. The number of nitrogens with zero attached hydrogens (tertiary/aromatic N) is 2. The topological polar surface area (TPSA) is 44.1 Å². The molecule has 2 heterocycles. The first-order chi connectivity index (χ1) is 9.29. The molecule has 0 saturated carbocycles. The monoisotopic (exact) mass is 252 g/mol. The molecule has 0 bridgehead atoms. The molecule has 2 aromatic heterocycles. The summed E-state index contributed by atoms with van der Waals surface area (Å²) in [4.78, 5) is 15.8. The second kappa shape index (κ2) is 4.57. The lowest BCUT2D eigenvalue weighted by atomic mass is 10.2. The molecule has 4 nitrogen and oxygen atoms in total. The number of methoxy groups -OCH3 is 1. The number of rotatable bonds is 2. The van der Waals surface area contributed by atoms with Gasteiger partial charge in [0.1, 0.15) is 0 Å². The molecule has 0 N–H and O–H groups in total. The van der Waals surface area contributed by atoms with Crippen LogP contribution in [0.5, 0.6) is 0 Å². The second-order valence-corrected chi connectivity index (χ2v) is 4.15. The van der Waals surface area contributed by atoms with Crippen molar-refractivity contribution in [1.82, 2.24) is 9.55 Å². The molecule has 3 aromatic rings. The third kappa shape index (κ3) is 1.97. The van der Waals surface area contributed by atoms with E-state index in [2.05, 4.69) is 4.98 Å². The lowest BCUT2D eigenvalue weighted by Gasteiger charge is -2.06. The number of carbonyl (C=O) groups is 1. The summed E-state index contributed by atoms with van der Waals surface area (Å²) in [5, 5.41) is 1.04. The van der Waals surface area contributed by atoms with Crippen LogP contribution in [0, 0.1) is 0 Å². The molecule has 0 aliphatic heterocycles. The quantitative estimate of drug-likeness (QED) is 0.659. The number of benzene rings is 1. The molecule has 19 heavy (non-hydrogen) atoms. The normalized spacial score (nSPS) is 10.6. The van der Waals surface area contributed by atoms with E-state index in [1.54, 1.807) is 18.5 Å². The summed E-state index contributed by atoms with van der Waals surface area (Å²) < 4.78 is 6.61. The van der Waals surface area contributed by atoms with Gasteiger partial charge in [0.25, 0.3) is 0 Å². The van der Waals surface area contributed by atoms with Crippen molar-refractivity contribution in [3.05, 3.63) is 60.6 Å². The Kier molecular flexibility index (Phi) is 2.76. The fourth-order valence-electron chi connectivity index (χ4n) is 2.10. The molecule has 0 aliphatic carbocycles. The van der Waals surface area contributed by atoms with E-state index in [9.17, 15) is 4.79 Å². The predicted octanol–water partition coefficient (Wildman–Crippen LogP) is 2.81. The highest BCUT2D eigenvalue weighted by molar-refractivity contribution is 5.90. The van der Waals surface area contributed by atoms with E-state index in [1.165, 1.54) is 7.11 Å². The zero-order valence-corrected chi connectivity index (χ0v) is 10.4. The molecule has 0 amide bonds. The van der Waals surface area contributed by atoms with Crippen LogP contribution in [0.15, 0.2) is 55.0 Å². The van der Waals surface area contributed by atoms with Gasteiger partial charge < -0.3 is 9.30 Å². The summed E-state index contributed by atoms with van der Waals surface area (Å²) in [6, 6.07) is 11.5. The summed E-state index contributed by atoms with van der Waals surface area (Å²) >= 11 is 0. The first-order valence-electron chi connectivity index (χ1n) is 5.90. The first-order valence-corrected chi connectivity index (χ1v) is 5.90. The van der Waals surface area contributed by atoms with Crippen LogP contribution in [0.25, 0.3) is 16.6 Å². The number of carbonyl (C=O) groups excluding carboxylic acids is 1. The van der Waals surface area contributed by atoms with Gasteiger partial charge in [-0.2, -0.15) is 0 Å². The average molecular weight is 252 g/mol. The number of pyridine rings is 1. The lowest BCUT2D eigenvalue weighted by molar-refractivity contribution is 0.0601. The Bertz CT molecular complexity index is 741. The molecule has 0 saturated heterocycles. The van der Waals surface area contributed by atoms with Crippen molar-refractivity contribution in [2.45, 2.75) is 0 Å². The summed E-state index contributed by atoms with van der Waals surface area (Å²) in [7, 11) is 1.38. The third-order valence-electron chi connectivity index (χ3n) is 3.01. The Hall–Kier alpha value is -2.62. The largest absolute Gasteiger partial charge is 0.465 e. The van der Waals surface area contributed by atoms with E-state index in [0.717, 1.165) is 16.6 Å². The molecule has 0 unspecified atom stereocenters. The minimum atomic E-state index is -0.336. The van der Waals surface area contributed by atoms with E-state index in [-0.39, 0.29) is 5.97 Å². The molecule has 0 spiro atoms. The number of hydrogen-bond donors (Lipinski definition) is 0. The Morgan fingerprint density at radius 3 is 2.95 bits per heavy atom. The van der Waals surface area contributed by atoms with Crippen molar-refractivity contribution in [1.29, 1.82) is 0 Å². The Balaban J connectivity index is 2.14. The minimum absolute atomic E-state index is 0.336. The highest BCUT2D eigenvalue weighted by Crippen LogP contribution is 2.21. The number of hydrogen-bond acceptors (Lipinski definition) is 3. The van der Waals surface area contributed by atoms with Crippen LogP contribution < -0.4 is 0 Å². The van der Waals surface area contributed by atoms with Crippen molar-refractivity contribution in [3.63, 3.8) is 0 Å². The van der Waals surface area contributed by atoms with Crippen LogP contribution in [0.4, 0.5) is 0 Å². The first kappa shape index (κ1) is 11.5. The number of ether oxygens (including phenoxy) is 1. The fourth-order valence-corrected chi connectivity index (χ4v) is 2.10. The zero-order chi connectivity index (χ0) is 13.2. The van der Waals surface area contributed by atoms with E-state index in [1.807, 2.05) is 41.1 Å². The molecule has 3 rings (SSSR count). The maximum Gasteiger partial charge on any atom is 0.339 e. The lowest BCUT2D eigenvalue weighted by Crippen LogP contribution is -1.99. The molecule has 1 aromatic carbocycles. The van der Waals surface area contributed by atoms with Crippen molar-refractivity contribution in [3.8, 4) is 5.69 Å². The average Bonchev–Trinajstić information content (AvgIpc) is 2.95. The SMILES string of the molecule is COC(=O)c1ccn(-c2cccc3ncccc23)c1. The van der Waals surface area contributed by atoms with Crippen molar-refractivity contribution < 1.29 is 9.53 Å². The van der Waals surface area contributed by atoms with Crippen molar-refractivity contribution >= 4 is 16.9 Å². The van der Waals surface area contributed by atoms with Crippen LogP contribution in [0.2, 0.25) is 0 Å². The zero-order valence-electron chi connectivity index (χ0n) is 10.4. The molecule has 94 valence electrons. The van der Waals surface area contributed by atoms with Gasteiger partial charge in [-0.1, -0.05) is 6.07 Å². The molecule has 0 fully saturated rings. The van der Waals surface area contributed by atoms with E-state index in [0.29, 0.717) is 5.56 Å². The highest BCUT2D eigenvalue weighted by atomic mass is 16.5. The van der Waals surface area contributed by atoms with Gasteiger partial charge in [0, 0.05) is 24.0 Å². The predicted molar refractivity (Wildman–Crippen MR) is 72.4 cm³/mol. The third-order valence-corrected chi connectivity index (χ3v) is 3.01. The molecule has 0 radical (unpaired) electrons. The number of aromatic nitrogens is 2. The van der Waals surface area contributed by atoms with Gasteiger partial charge in [-0.05, 0) is 30.3 Å². The molecular weight excluding hydrogens is 240 g/mol. The Morgan fingerprint density at radius 2 is 2.11 bits per heavy atom. The van der Waals surface area contributed by atoms with Gasteiger partial charge >= 0.3 is 5.97 Å². The number of esters is 1. The molecule has 4 heteroatoms. The Morgan fingerprint density at radius 1 is 1.21 bits per heavy atom. The van der Waals surface area contributed by atoms with Crippen LogP contribution in [0.1, 0.15) is 10.4 Å². The van der Waals surface area contributed by atoms with Crippen molar-refractivity contribution in [2.24, 2.45) is 0 Å². The van der Waals surface area contributed by atoms with Crippen LogP contribution in [-0.4, -0.2) is 22.6 Å². The minimum Gasteiger partial charge on any atom is -0.465 e. The van der Waals surface area contributed by atoms with Crippen molar-refractivity contribution in [2.75, 3.05) is 7.11 Å². The second-order valence-electron chi connectivity index (χ2n) is 4.15. The Labute approximate surface area is 110 Å². The highest BCUT2D eigenvalue weighted by Gasteiger charge is 2.09. The van der Waals surface area contributed by atoms with Crippen LogP contribution >= 0.6 is 0 Å². The van der Waals surface area contributed by atoms with Crippen LogP contribution in [0.3, 0.4) is 0 Å². The van der Waals surface area contributed by atoms with Gasteiger partial charge in [0.05, 0.1) is 23.9 Å². The number of fused-ring (bicyclic) bond motifs is 1. The smallest absolute Gasteiger partial charge is 0.339 e. The van der Waals surface area contributed by atoms with Crippen LogP contribution in [-0.2, 0) is 4.74 Å². The van der Waals surface area contributed by atoms with Gasteiger partial charge in [0.2, 0.25) is 0 Å². The van der Waals surface area contributed by atoms with E-state index < -0.39 is 0 Å². The van der Waals surface area contributed by atoms with Gasteiger partial charge in [-0.3, -0.25) is 4.98 Å². The summed E-state index contributed by atoms with van der Waals surface area (Å²) in [6.07, 6.45) is 5.36. The van der Waals surface area contributed by atoms with Gasteiger partial charge in [0.15, 0.2) is 0 Å². The fraction of sp³-hybridized carbons (Fsp3) is 0.0667.